The molecule has 1 aliphatic heterocycles. The molecule has 9 heteroatoms. The zero-order chi connectivity index (χ0) is 28.2. The number of piperidine rings is 1. The topological polar surface area (TPSA) is 117 Å². The van der Waals surface area contributed by atoms with Crippen molar-refractivity contribution < 1.29 is 14.4 Å². The number of hydrogen-bond acceptors (Lipinski definition) is 4. The normalized spacial score (nSPS) is 15.4. The van der Waals surface area contributed by atoms with Crippen LogP contribution in [0.25, 0.3) is 0 Å². The summed E-state index contributed by atoms with van der Waals surface area (Å²) in [5.41, 5.74) is 9.44. The lowest BCUT2D eigenvalue weighted by Crippen LogP contribution is -2.47. The molecule has 0 saturated carbocycles. The second kappa shape index (κ2) is 12.1. The summed E-state index contributed by atoms with van der Waals surface area (Å²) < 4.78 is 1.09. The lowest BCUT2D eigenvalue weighted by molar-refractivity contribution is 0.0998. The minimum Gasteiger partial charge on any atom is -0.380 e. The van der Waals surface area contributed by atoms with Gasteiger partial charge in [0.05, 0.1) is 5.56 Å². The van der Waals surface area contributed by atoms with Crippen molar-refractivity contribution in [3.8, 4) is 0 Å². The van der Waals surface area contributed by atoms with Crippen molar-refractivity contribution in [3.63, 3.8) is 0 Å². The SMILES string of the molecule is CC(C)(C)c1ccc(C(=O)Nc2ccc(C(N)=O)c(NC3CCCN(C(=O)Nc4ccc(I)cc4)C3)c2)cc1. The van der Waals surface area contributed by atoms with Crippen LogP contribution in [-0.2, 0) is 5.41 Å². The van der Waals surface area contributed by atoms with Gasteiger partial charge in [-0.3, -0.25) is 9.59 Å². The smallest absolute Gasteiger partial charge is 0.321 e. The number of carbonyl (C=O) groups excluding carboxylic acids is 3. The predicted octanol–water partition coefficient (Wildman–Crippen LogP) is 6.05. The van der Waals surface area contributed by atoms with Crippen LogP contribution >= 0.6 is 22.6 Å². The van der Waals surface area contributed by atoms with Crippen LogP contribution in [0.15, 0.2) is 66.7 Å². The Morgan fingerprint density at radius 2 is 1.59 bits per heavy atom. The number of anilines is 3. The van der Waals surface area contributed by atoms with Gasteiger partial charge in [-0.25, -0.2) is 4.79 Å². The summed E-state index contributed by atoms with van der Waals surface area (Å²) in [5, 5.41) is 9.25. The van der Waals surface area contributed by atoms with E-state index in [-0.39, 0.29) is 23.4 Å². The van der Waals surface area contributed by atoms with E-state index in [0.717, 1.165) is 27.7 Å². The Bertz CT molecular complexity index is 1350. The molecule has 3 aromatic rings. The monoisotopic (exact) mass is 639 g/mol. The van der Waals surface area contributed by atoms with E-state index in [1.807, 2.05) is 48.5 Å². The van der Waals surface area contributed by atoms with Crippen molar-refractivity contribution in [2.45, 2.75) is 45.1 Å². The molecule has 1 atom stereocenters. The summed E-state index contributed by atoms with van der Waals surface area (Å²) >= 11 is 2.22. The molecule has 204 valence electrons. The summed E-state index contributed by atoms with van der Waals surface area (Å²) in [5.74, 6) is -0.818. The number of nitrogens with zero attached hydrogens (tertiary/aromatic N) is 1. The molecule has 1 heterocycles. The van der Waals surface area contributed by atoms with E-state index in [0.29, 0.717) is 35.6 Å². The number of primary amides is 1. The van der Waals surface area contributed by atoms with Crippen LogP contribution in [0.2, 0.25) is 0 Å². The van der Waals surface area contributed by atoms with Crippen LogP contribution in [-0.4, -0.2) is 41.9 Å². The fraction of sp³-hybridized carbons (Fsp3) is 0.300. The van der Waals surface area contributed by atoms with Crippen LogP contribution in [0.4, 0.5) is 21.9 Å². The van der Waals surface area contributed by atoms with E-state index in [1.54, 1.807) is 23.1 Å². The molecule has 0 radical (unpaired) electrons. The number of halogens is 1. The third-order valence-corrected chi connectivity index (χ3v) is 7.44. The number of benzene rings is 3. The lowest BCUT2D eigenvalue weighted by Gasteiger charge is -2.34. The van der Waals surface area contributed by atoms with E-state index >= 15 is 0 Å². The number of nitrogens with one attached hydrogen (secondary N) is 3. The van der Waals surface area contributed by atoms with Gasteiger partial charge < -0.3 is 26.6 Å². The van der Waals surface area contributed by atoms with Crippen molar-refractivity contribution in [3.05, 3.63) is 87.0 Å². The molecule has 8 nitrogen and oxygen atoms in total. The third-order valence-electron chi connectivity index (χ3n) is 6.72. The molecule has 5 N–H and O–H groups in total. The molecule has 39 heavy (non-hydrogen) atoms. The lowest BCUT2D eigenvalue weighted by atomic mass is 9.87. The highest BCUT2D eigenvalue weighted by atomic mass is 127. The minimum atomic E-state index is -0.572. The Balaban J connectivity index is 1.44. The fourth-order valence-electron chi connectivity index (χ4n) is 4.52. The average Bonchev–Trinajstić information content (AvgIpc) is 2.89. The standard InChI is InChI=1S/C30H34IN5O3/c1-30(2,3)20-8-6-19(7-9-20)28(38)34-23-14-15-25(27(32)37)26(17-23)33-24-5-4-16-36(18-24)29(39)35-22-12-10-21(31)11-13-22/h6-15,17,24,33H,4-5,16,18H2,1-3H3,(H2,32,37)(H,34,38)(H,35,39). The Labute approximate surface area is 242 Å². The Morgan fingerprint density at radius 1 is 0.923 bits per heavy atom. The van der Waals surface area contributed by atoms with Gasteiger partial charge in [0, 0.05) is 45.3 Å². The number of rotatable bonds is 6. The number of carbonyl (C=O) groups is 3. The van der Waals surface area contributed by atoms with E-state index in [4.69, 9.17) is 5.73 Å². The van der Waals surface area contributed by atoms with Gasteiger partial charge >= 0.3 is 6.03 Å². The molecule has 1 aliphatic rings. The highest BCUT2D eigenvalue weighted by Gasteiger charge is 2.25. The molecule has 1 fully saturated rings. The molecule has 0 bridgehead atoms. The third kappa shape index (κ3) is 7.50. The maximum atomic E-state index is 12.9. The van der Waals surface area contributed by atoms with Crippen molar-refractivity contribution >= 4 is 57.5 Å². The maximum absolute atomic E-state index is 12.9. The van der Waals surface area contributed by atoms with Crippen LogP contribution < -0.4 is 21.7 Å². The van der Waals surface area contributed by atoms with Crippen molar-refractivity contribution in [1.29, 1.82) is 0 Å². The molecule has 0 aliphatic carbocycles. The van der Waals surface area contributed by atoms with E-state index in [2.05, 4.69) is 59.3 Å². The highest BCUT2D eigenvalue weighted by molar-refractivity contribution is 14.1. The van der Waals surface area contributed by atoms with Crippen molar-refractivity contribution in [1.82, 2.24) is 4.90 Å². The van der Waals surface area contributed by atoms with Crippen LogP contribution in [0.1, 0.15) is 59.9 Å². The number of likely N-dealkylation sites (tertiary alicyclic amines) is 1. The second-order valence-electron chi connectivity index (χ2n) is 10.8. The number of amides is 4. The van der Waals surface area contributed by atoms with Gasteiger partial charge in [-0.1, -0.05) is 32.9 Å². The van der Waals surface area contributed by atoms with Gasteiger partial charge in [-0.15, -0.1) is 0 Å². The summed E-state index contributed by atoms with van der Waals surface area (Å²) in [6.07, 6.45) is 1.63. The molecular weight excluding hydrogens is 605 g/mol. The van der Waals surface area contributed by atoms with Gasteiger partial charge in [0.25, 0.3) is 11.8 Å². The van der Waals surface area contributed by atoms with Gasteiger partial charge in [-0.05, 0) is 101 Å². The molecule has 3 aromatic carbocycles. The summed E-state index contributed by atoms with van der Waals surface area (Å²) in [6.45, 7) is 7.47. The summed E-state index contributed by atoms with van der Waals surface area (Å²) in [7, 11) is 0. The van der Waals surface area contributed by atoms with Crippen LogP contribution in [0, 0.1) is 3.57 Å². The van der Waals surface area contributed by atoms with E-state index < -0.39 is 5.91 Å². The molecule has 4 rings (SSSR count). The Kier molecular flexibility index (Phi) is 8.79. The summed E-state index contributed by atoms with van der Waals surface area (Å²) in [6, 6.07) is 19.9. The van der Waals surface area contributed by atoms with E-state index in [9.17, 15) is 14.4 Å². The zero-order valence-electron chi connectivity index (χ0n) is 22.4. The number of urea groups is 1. The van der Waals surface area contributed by atoms with Gasteiger partial charge in [0.1, 0.15) is 0 Å². The molecular formula is C30H34IN5O3. The summed E-state index contributed by atoms with van der Waals surface area (Å²) in [4.78, 5) is 39.7. The Hall–Kier alpha value is -3.60. The first kappa shape index (κ1) is 28.4. The second-order valence-corrected chi connectivity index (χ2v) is 12.0. The fourth-order valence-corrected chi connectivity index (χ4v) is 4.88. The number of hydrogen-bond donors (Lipinski definition) is 4. The number of nitrogens with two attached hydrogens (primary N) is 1. The Morgan fingerprint density at radius 3 is 2.23 bits per heavy atom. The van der Waals surface area contributed by atoms with Crippen molar-refractivity contribution in [2.24, 2.45) is 5.73 Å². The average molecular weight is 640 g/mol. The zero-order valence-corrected chi connectivity index (χ0v) is 24.5. The predicted molar refractivity (Wildman–Crippen MR) is 164 cm³/mol. The van der Waals surface area contributed by atoms with Gasteiger partial charge in [-0.2, -0.15) is 0 Å². The van der Waals surface area contributed by atoms with Gasteiger partial charge in [0.15, 0.2) is 0 Å². The van der Waals surface area contributed by atoms with Crippen LogP contribution in [0.3, 0.4) is 0 Å². The molecule has 0 spiro atoms. The van der Waals surface area contributed by atoms with Crippen LogP contribution in [0.5, 0.6) is 0 Å². The molecule has 4 amide bonds. The molecule has 1 saturated heterocycles. The first-order valence-corrected chi connectivity index (χ1v) is 14.0. The first-order chi connectivity index (χ1) is 18.5. The minimum absolute atomic E-state index is 0.00403. The first-order valence-electron chi connectivity index (χ1n) is 12.9. The van der Waals surface area contributed by atoms with E-state index in [1.165, 1.54) is 0 Å². The van der Waals surface area contributed by atoms with Crippen molar-refractivity contribution in [2.75, 3.05) is 29.0 Å². The largest absolute Gasteiger partial charge is 0.380 e. The molecule has 1 unspecified atom stereocenters. The van der Waals surface area contributed by atoms with Gasteiger partial charge in [0.2, 0.25) is 0 Å². The molecule has 0 aromatic heterocycles. The quantitative estimate of drug-likeness (QED) is 0.246. The maximum Gasteiger partial charge on any atom is 0.321 e. The highest BCUT2D eigenvalue weighted by Crippen LogP contribution is 2.26.